The molecule has 0 saturated carbocycles. The van der Waals surface area contributed by atoms with Crippen LogP contribution in [0.15, 0.2) is 53.6 Å². The lowest BCUT2D eigenvalue weighted by molar-refractivity contribution is 0.0716. The Morgan fingerprint density at radius 1 is 0.893 bits per heavy atom. The Kier molecular flexibility index (Phi) is 5.69. The first-order chi connectivity index (χ1) is 13.5. The fourth-order valence-corrected chi connectivity index (χ4v) is 2.32. The van der Waals surface area contributed by atoms with Crippen LogP contribution in [-0.4, -0.2) is 41.2 Å². The van der Waals surface area contributed by atoms with Crippen molar-refractivity contribution in [2.24, 2.45) is 5.10 Å². The number of carbonyl (C=O) groups is 1. The van der Waals surface area contributed by atoms with Crippen LogP contribution in [0.3, 0.4) is 0 Å². The van der Waals surface area contributed by atoms with E-state index in [-0.39, 0.29) is 5.90 Å². The molecule has 3 rings (SSSR count). The molecular weight excluding hydrogens is 360 g/mol. The van der Waals surface area contributed by atoms with Crippen LogP contribution in [0, 0.1) is 13.8 Å². The summed E-state index contributed by atoms with van der Waals surface area (Å²) < 4.78 is 15.9. The van der Waals surface area contributed by atoms with Crippen molar-refractivity contribution >= 4 is 11.9 Å². The normalized spacial score (nSPS) is 11.2. The molecule has 0 atom stereocenters. The van der Waals surface area contributed by atoms with E-state index >= 15 is 0 Å². The average molecular weight is 380 g/mol. The van der Waals surface area contributed by atoms with Gasteiger partial charge in [0.15, 0.2) is 0 Å². The van der Waals surface area contributed by atoms with Gasteiger partial charge in [-0.15, -0.1) is 15.0 Å². The quantitative estimate of drug-likeness (QED) is 0.384. The van der Waals surface area contributed by atoms with E-state index in [0.717, 1.165) is 11.4 Å². The maximum atomic E-state index is 12.6. The molecule has 3 aromatic rings. The minimum Gasteiger partial charge on any atom is -0.497 e. The Labute approximate surface area is 162 Å². The van der Waals surface area contributed by atoms with Gasteiger partial charge in [0.1, 0.15) is 11.5 Å². The molecule has 0 aliphatic heterocycles. The molecule has 0 aliphatic carbocycles. The van der Waals surface area contributed by atoms with E-state index in [1.54, 1.807) is 62.8 Å². The third-order valence-electron chi connectivity index (χ3n) is 4.14. The zero-order valence-electron chi connectivity index (χ0n) is 16.0. The van der Waals surface area contributed by atoms with Gasteiger partial charge in [0, 0.05) is 5.56 Å². The number of benzene rings is 2. The first-order valence-electron chi connectivity index (χ1n) is 8.50. The fraction of sp³-hybridized carbons (Fsp3) is 0.200. The third-order valence-corrected chi connectivity index (χ3v) is 4.14. The SMILES string of the molecule is COc1ccc(C(=O)O/C(=N/n2nnc(C)c2C)c2ccc(OC)cc2)cc1. The summed E-state index contributed by atoms with van der Waals surface area (Å²) in [6, 6.07) is 13.6. The zero-order chi connectivity index (χ0) is 20.1. The highest BCUT2D eigenvalue weighted by atomic mass is 16.5. The van der Waals surface area contributed by atoms with Crippen molar-refractivity contribution in [2.75, 3.05) is 14.2 Å². The Hall–Kier alpha value is -3.68. The van der Waals surface area contributed by atoms with Crippen LogP contribution in [0.5, 0.6) is 11.5 Å². The number of esters is 1. The molecule has 1 heterocycles. The Balaban J connectivity index is 1.95. The second kappa shape index (κ2) is 8.34. The zero-order valence-corrected chi connectivity index (χ0v) is 16.0. The lowest BCUT2D eigenvalue weighted by Gasteiger charge is -2.09. The molecule has 144 valence electrons. The molecule has 2 aromatic carbocycles. The number of carbonyl (C=O) groups excluding carboxylic acids is 1. The molecule has 28 heavy (non-hydrogen) atoms. The minimum atomic E-state index is -0.549. The molecule has 0 saturated heterocycles. The number of nitrogens with zero attached hydrogens (tertiary/aromatic N) is 4. The molecule has 0 spiro atoms. The van der Waals surface area contributed by atoms with Gasteiger partial charge in [-0.1, -0.05) is 0 Å². The summed E-state index contributed by atoms with van der Waals surface area (Å²) in [5.41, 5.74) is 2.44. The number of aryl methyl sites for hydroxylation is 1. The van der Waals surface area contributed by atoms with Crippen LogP contribution < -0.4 is 9.47 Å². The monoisotopic (exact) mass is 380 g/mol. The summed E-state index contributed by atoms with van der Waals surface area (Å²) in [6.07, 6.45) is 0. The van der Waals surface area contributed by atoms with Gasteiger partial charge < -0.3 is 14.2 Å². The predicted octanol–water partition coefficient (Wildman–Crippen LogP) is 2.98. The van der Waals surface area contributed by atoms with Gasteiger partial charge in [0.25, 0.3) is 0 Å². The summed E-state index contributed by atoms with van der Waals surface area (Å²) in [6.45, 7) is 3.65. The van der Waals surface area contributed by atoms with Crippen LogP contribution >= 0.6 is 0 Å². The average Bonchev–Trinajstić information content (AvgIpc) is 3.05. The Bertz CT molecular complexity index is 992. The van der Waals surface area contributed by atoms with Gasteiger partial charge in [-0.2, -0.15) is 0 Å². The summed E-state index contributed by atoms with van der Waals surface area (Å²) >= 11 is 0. The van der Waals surface area contributed by atoms with Gasteiger partial charge in [-0.25, -0.2) is 4.79 Å². The van der Waals surface area contributed by atoms with Gasteiger partial charge in [-0.3, -0.25) is 0 Å². The number of methoxy groups -OCH3 is 2. The molecular formula is C20H20N4O4. The van der Waals surface area contributed by atoms with Crippen LogP contribution in [0.1, 0.15) is 27.3 Å². The van der Waals surface area contributed by atoms with Gasteiger partial charge >= 0.3 is 5.97 Å². The molecule has 8 heteroatoms. The molecule has 1 aromatic heterocycles. The smallest absolute Gasteiger partial charge is 0.344 e. The summed E-state index contributed by atoms with van der Waals surface area (Å²) in [7, 11) is 3.14. The Morgan fingerprint density at radius 2 is 1.43 bits per heavy atom. The van der Waals surface area contributed by atoms with E-state index in [0.29, 0.717) is 22.6 Å². The number of hydrogen-bond acceptors (Lipinski definition) is 7. The lowest BCUT2D eigenvalue weighted by Crippen LogP contribution is -2.16. The van der Waals surface area contributed by atoms with E-state index in [9.17, 15) is 4.79 Å². The van der Waals surface area contributed by atoms with Crippen molar-refractivity contribution in [3.8, 4) is 11.5 Å². The van der Waals surface area contributed by atoms with Crippen molar-refractivity contribution in [2.45, 2.75) is 13.8 Å². The molecule has 0 radical (unpaired) electrons. The topological polar surface area (TPSA) is 87.8 Å². The van der Waals surface area contributed by atoms with Gasteiger partial charge in [0.05, 0.1) is 31.2 Å². The van der Waals surface area contributed by atoms with Crippen molar-refractivity contribution in [1.29, 1.82) is 0 Å². The first-order valence-corrected chi connectivity index (χ1v) is 8.50. The third kappa shape index (κ3) is 4.17. The van der Waals surface area contributed by atoms with Gasteiger partial charge in [-0.05, 0) is 67.6 Å². The molecule has 8 nitrogen and oxygen atoms in total. The number of ether oxygens (including phenoxy) is 3. The molecule has 0 N–H and O–H groups in total. The Morgan fingerprint density at radius 3 is 1.89 bits per heavy atom. The van der Waals surface area contributed by atoms with E-state index in [4.69, 9.17) is 14.2 Å². The highest BCUT2D eigenvalue weighted by Gasteiger charge is 2.16. The van der Waals surface area contributed by atoms with Crippen molar-refractivity contribution in [3.63, 3.8) is 0 Å². The van der Waals surface area contributed by atoms with Crippen molar-refractivity contribution in [3.05, 3.63) is 71.0 Å². The van der Waals surface area contributed by atoms with Crippen LogP contribution in [0.2, 0.25) is 0 Å². The summed E-state index contributed by atoms with van der Waals surface area (Å²) in [4.78, 5) is 13.9. The van der Waals surface area contributed by atoms with E-state index in [1.807, 2.05) is 13.8 Å². The number of aromatic nitrogens is 3. The van der Waals surface area contributed by atoms with Crippen LogP contribution in [0.4, 0.5) is 0 Å². The second-order valence-corrected chi connectivity index (χ2v) is 5.90. The second-order valence-electron chi connectivity index (χ2n) is 5.90. The van der Waals surface area contributed by atoms with Crippen molar-refractivity contribution in [1.82, 2.24) is 15.1 Å². The maximum Gasteiger partial charge on any atom is 0.344 e. The lowest BCUT2D eigenvalue weighted by atomic mass is 10.2. The number of hydrogen-bond donors (Lipinski definition) is 0. The van der Waals surface area contributed by atoms with Gasteiger partial charge in [0.2, 0.25) is 5.90 Å². The van der Waals surface area contributed by atoms with E-state index < -0.39 is 5.97 Å². The van der Waals surface area contributed by atoms with Crippen molar-refractivity contribution < 1.29 is 19.0 Å². The first kappa shape index (κ1) is 19.1. The van der Waals surface area contributed by atoms with Crippen LogP contribution in [-0.2, 0) is 4.74 Å². The minimum absolute atomic E-state index is 0.0940. The van der Waals surface area contributed by atoms with E-state index in [2.05, 4.69) is 15.4 Å². The molecule has 0 amide bonds. The molecule has 0 fully saturated rings. The highest BCUT2D eigenvalue weighted by molar-refractivity contribution is 6.05. The number of rotatable bonds is 5. The van der Waals surface area contributed by atoms with E-state index in [1.165, 1.54) is 4.79 Å². The standard InChI is InChI=1S/C20H20N4O4/c1-13-14(2)24(23-21-13)22-19(15-5-9-17(26-3)10-6-15)28-20(25)16-7-11-18(27-4)12-8-16/h5-12H,1-4H3/b22-19+. The molecule has 0 bridgehead atoms. The van der Waals surface area contributed by atoms with Crippen LogP contribution in [0.25, 0.3) is 0 Å². The predicted molar refractivity (Wildman–Crippen MR) is 103 cm³/mol. The highest BCUT2D eigenvalue weighted by Crippen LogP contribution is 2.16. The molecule has 0 unspecified atom stereocenters. The molecule has 0 aliphatic rings. The largest absolute Gasteiger partial charge is 0.497 e. The maximum absolute atomic E-state index is 12.6. The summed E-state index contributed by atoms with van der Waals surface area (Å²) in [5, 5.41) is 12.3. The summed E-state index contributed by atoms with van der Waals surface area (Å²) in [5.74, 6) is 0.870. The fourth-order valence-electron chi connectivity index (χ4n) is 2.32.